The van der Waals surface area contributed by atoms with E-state index in [4.69, 9.17) is 5.73 Å². The molecule has 0 amide bonds. The summed E-state index contributed by atoms with van der Waals surface area (Å²) in [6, 6.07) is 6.84. The number of benzene rings is 1. The lowest BCUT2D eigenvalue weighted by molar-refractivity contribution is 0.112. The van der Waals surface area contributed by atoms with Gasteiger partial charge in [-0.05, 0) is 58.2 Å². The molecule has 0 saturated carbocycles. The SMILES string of the molecule is CCCN(CC)CCCNC.Nc1cccc(C=O)c1. The normalized spacial score (nSPS) is 10.0. The third-order valence-corrected chi connectivity index (χ3v) is 2.93. The number of aldehydes is 1. The van der Waals surface area contributed by atoms with Gasteiger partial charge in [0.2, 0.25) is 0 Å². The summed E-state index contributed by atoms with van der Waals surface area (Å²) in [6.07, 6.45) is 3.31. The van der Waals surface area contributed by atoms with Crippen LogP contribution in [0.1, 0.15) is 37.0 Å². The van der Waals surface area contributed by atoms with E-state index in [2.05, 4.69) is 24.1 Å². The molecule has 4 nitrogen and oxygen atoms in total. The van der Waals surface area contributed by atoms with Crippen LogP contribution in [0, 0.1) is 0 Å². The zero-order valence-corrected chi connectivity index (χ0v) is 13.1. The second-order valence-corrected chi connectivity index (χ2v) is 4.68. The highest BCUT2D eigenvalue weighted by Crippen LogP contribution is 2.02. The summed E-state index contributed by atoms with van der Waals surface area (Å²) in [7, 11) is 2.01. The third kappa shape index (κ3) is 9.53. The van der Waals surface area contributed by atoms with E-state index in [9.17, 15) is 4.79 Å². The molecular weight excluding hydrogens is 250 g/mol. The predicted molar refractivity (Wildman–Crippen MR) is 87.2 cm³/mol. The van der Waals surface area contributed by atoms with Gasteiger partial charge in [-0.1, -0.05) is 26.0 Å². The molecule has 0 spiro atoms. The molecule has 0 bridgehead atoms. The number of nitrogens with one attached hydrogen (secondary N) is 1. The molecule has 0 heterocycles. The van der Waals surface area contributed by atoms with Gasteiger partial charge in [0, 0.05) is 11.3 Å². The molecule has 1 aromatic rings. The molecule has 0 aliphatic carbocycles. The van der Waals surface area contributed by atoms with Gasteiger partial charge >= 0.3 is 0 Å². The summed E-state index contributed by atoms with van der Waals surface area (Å²) >= 11 is 0. The third-order valence-electron chi connectivity index (χ3n) is 2.93. The Morgan fingerprint density at radius 3 is 2.50 bits per heavy atom. The fourth-order valence-electron chi connectivity index (χ4n) is 1.86. The highest BCUT2D eigenvalue weighted by Gasteiger charge is 1.98. The predicted octanol–water partition coefficient (Wildman–Crippen LogP) is 2.41. The number of rotatable bonds is 8. The van der Waals surface area contributed by atoms with Crippen LogP contribution in [0.3, 0.4) is 0 Å². The monoisotopic (exact) mass is 279 g/mol. The first-order valence-electron chi connectivity index (χ1n) is 7.35. The Labute approximate surface area is 123 Å². The van der Waals surface area contributed by atoms with Crippen LogP contribution >= 0.6 is 0 Å². The quantitative estimate of drug-likeness (QED) is 0.436. The number of carbonyl (C=O) groups excluding carboxylic acids is 1. The van der Waals surface area contributed by atoms with Crippen LogP contribution in [0.15, 0.2) is 24.3 Å². The van der Waals surface area contributed by atoms with Crippen LogP contribution in [0.2, 0.25) is 0 Å². The maximum absolute atomic E-state index is 10.1. The highest BCUT2D eigenvalue weighted by atomic mass is 16.1. The van der Waals surface area contributed by atoms with E-state index in [1.54, 1.807) is 24.3 Å². The van der Waals surface area contributed by atoms with E-state index >= 15 is 0 Å². The summed E-state index contributed by atoms with van der Waals surface area (Å²) in [5.41, 5.74) is 6.62. The molecule has 0 aromatic heterocycles. The maximum atomic E-state index is 10.1. The number of hydrogen-bond donors (Lipinski definition) is 2. The Morgan fingerprint density at radius 2 is 2.05 bits per heavy atom. The van der Waals surface area contributed by atoms with E-state index in [0.717, 1.165) is 12.8 Å². The van der Waals surface area contributed by atoms with Crippen molar-refractivity contribution in [2.75, 3.05) is 39.0 Å². The molecule has 0 atom stereocenters. The largest absolute Gasteiger partial charge is 0.399 e. The minimum atomic E-state index is 0.620. The second kappa shape index (κ2) is 12.6. The van der Waals surface area contributed by atoms with Crippen molar-refractivity contribution in [1.29, 1.82) is 0 Å². The highest BCUT2D eigenvalue weighted by molar-refractivity contribution is 5.76. The van der Waals surface area contributed by atoms with Gasteiger partial charge in [-0.3, -0.25) is 4.79 Å². The first kappa shape index (κ1) is 18.6. The molecule has 0 unspecified atom stereocenters. The number of anilines is 1. The number of nitrogen functional groups attached to an aromatic ring is 1. The second-order valence-electron chi connectivity index (χ2n) is 4.68. The summed E-state index contributed by atoms with van der Waals surface area (Å²) in [5, 5.41) is 3.16. The fourth-order valence-corrected chi connectivity index (χ4v) is 1.86. The van der Waals surface area contributed by atoms with Crippen LogP contribution in [0.25, 0.3) is 0 Å². The van der Waals surface area contributed by atoms with Gasteiger partial charge in [0.1, 0.15) is 6.29 Å². The van der Waals surface area contributed by atoms with Crippen molar-refractivity contribution in [3.63, 3.8) is 0 Å². The van der Waals surface area contributed by atoms with Crippen molar-refractivity contribution < 1.29 is 4.79 Å². The first-order chi connectivity index (χ1) is 9.67. The van der Waals surface area contributed by atoms with E-state index in [-0.39, 0.29) is 0 Å². The van der Waals surface area contributed by atoms with Crippen LogP contribution in [-0.2, 0) is 0 Å². The zero-order valence-electron chi connectivity index (χ0n) is 13.1. The van der Waals surface area contributed by atoms with E-state index < -0.39 is 0 Å². The molecule has 4 heteroatoms. The van der Waals surface area contributed by atoms with Crippen LogP contribution in [0.4, 0.5) is 5.69 Å². The molecule has 0 aliphatic rings. The van der Waals surface area contributed by atoms with Crippen LogP contribution in [0.5, 0.6) is 0 Å². The van der Waals surface area contributed by atoms with Gasteiger partial charge < -0.3 is 16.0 Å². The first-order valence-corrected chi connectivity index (χ1v) is 7.35. The van der Waals surface area contributed by atoms with Gasteiger partial charge in [0.15, 0.2) is 0 Å². The Balaban J connectivity index is 0.000000367. The summed E-state index contributed by atoms with van der Waals surface area (Å²) in [4.78, 5) is 12.6. The molecule has 114 valence electrons. The maximum Gasteiger partial charge on any atom is 0.150 e. The van der Waals surface area contributed by atoms with Crippen molar-refractivity contribution >= 4 is 12.0 Å². The van der Waals surface area contributed by atoms with Crippen molar-refractivity contribution in [2.45, 2.75) is 26.7 Å². The Morgan fingerprint density at radius 1 is 1.30 bits per heavy atom. The number of nitrogens with two attached hydrogens (primary N) is 1. The molecule has 1 rings (SSSR count). The summed E-state index contributed by atoms with van der Waals surface area (Å²) in [6.45, 7) is 9.29. The Bertz CT molecular complexity index is 355. The molecule has 20 heavy (non-hydrogen) atoms. The van der Waals surface area contributed by atoms with Gasteiger partial charge in [0.25, 0.3) is 0 Å². The van der Waals surface area contributed by atoms with Gasteiger partial charge in [-0.2, -0.15) is 0 Å². The van der Waals surface area contributed by atoms with Gasteiger partial charge in [0.05, 0.1) is 0 Å². The molecule has 3 N–H and O–H groups in total. The minimum absolute atomic E-state index is 0.620. The standard InChI is InChI=1S/C9H22N2.C7H7NO/c1-4-8-11(5-2)9-6-7-10-3;8-7-3-1-2-6(4-7)5-9/h10H,4-9H2,1-3H3;1-5H,8H2. The van der Waals surface area contributed by atoms with Crippen LogP contribution < -0.4 is 11.1 Å². The van der Waals surface area contributed by atoms with Crippen molar-refractivity contribution in [3.05, 3.63) is 29.8 Å². The lowest BCUT2D eigenvalue weighted by atomic mass is 10.2. The molecule has 1 aromatic carbocycles. The number of hydrogen-bond acceptors (Lipinski definition) is 4. The average Bonchev–Trinajstić information content (AvgIpc) is 2.47. The molecule has 0 radical (unpaired) electrons. The van der Waals surface area contributed by atoms with Gasteiger partial charge in [-0.15, -0.1) is 0 Å². The Hall–Kier alpha value is -1.39. The topological polar surface area (TPSA) is 58.4 Å². The number of carbonyl (C=O) groups is 1. The van der Waals surface area contributed by atoms with Crippen LogP contribution in [-0.4, -0.2) is 44.4 Å². The smallest absolute Gasteiger partial charge is 0.150 e. The zero-order chi connectivity index (χ0) is 15.2. The van der Waals surface area contributed by atoms with Crippen molar-refractivity contribution in [3.8, 4) is 0 Å². The van der Waals surface area contributed by atoms with Crippen molar-refractivity contribution in [2.24, 2.45) is 0 Å². The summed E-state index contributed by atoms with van der Waals surface area (Å²) in [5.74, 6) is 0. The molecule has 0 saturated heterocycles. The fraction of sp³-hybridized carbons (Fsp3) is 0.562. The molecule has 0 aliphatic heterocycles. The molecular formula is C16H29N3O. The molecule has 0 fully saturated rings. The summed E-state index contributed by atoms with van der Waals surface area (Å²) < 4.78 is 0. The van der Waals surface area contributed by atoms with Crippen molar-refractivity contribution in [1.82, 2.24) is 10.2 Å². The minimum Gasteiger partial charge on any atom is -0.399 e. The van der Waals surface area contributed by atoms with E-state index in [0.29, 0.717) is 11.3 Å². The van der Waals surface area contributed by atoms with Gasteiger partial charge in [-0.25, -0.2) is 0 Å². The Kier molecular flexibility index (Phi) is 11.8. The lowest BCUT2D eigenvalue weighted by Gasteiger charge is -2.18. The lowest BCUT2D eigenvalue weighted by Crippen LogP contribution is -2.27. The van der Waals surface area contributed by atoms with E-state index in [1.165, 1.54) is 32.5 Å². The van der Waals surface area contributed by atoms with E-state index in [1.807, 2.05) is 7.05 Å². The number of nitrogens with zero attached hydrogens (tertiary/aromatic N) is 1. The average molecular weight is 279 g/mol.